The van der Waals surface area contributed by atoms with Gasteiger partial charge in [0.25, 0.3) is 0 Å². The Balaban J connectivity index is 1.96. The van der Waals surface area contributed by atoms with Crippen molar-refractivity contribution < 1.29 is 13.2 Å². The van der Waals surface area contributed by atoms with E-state index in [1.165, 1.54) is 6.07 Å². The molecule has 1 heterocycles. The van der Waals surface area contributed by atoms with Crippen LogP contribution in [0.5, 0.6) is 0 Å². The van der Waals surface area contributed by atoms with Crippen molar-refractivity contribution in [2.24, 2.45) is 0 Å². The average molecular weight is 217 g/mol. The third-order valence-corrected chi connectivity index (χ3v) is 2.16. The van der Waals surface area contributed by atoms with Crippen LogP contribution in [0, 0.1) is 0 Å². The van der Waals surface area contributed by atoms with Gasteiger partial charge in [-0.15, -0.1) is 5.10 Å². The lowest BCUT2D eigenvalue weighted by Gasteiger charge is -2.05. The van der Waals surface area contributed by atoms with Gasteiger partial charge < -0.3 is 5.32 Å². The molecule has 0 saturated heterocycles. The van der Waals surface area contributed by atoms with E-state index < -0.39 is 11.9 Å². The number of rotatable bonds is 3. The van der Waals surface area contributed by atoms with E-state index >= 15 is 0 Å². The zero-order valence-electron chi connectivity index (χ0n) is 7.88. The van der Waals surface area contributed by atoms with Crippen LogP contribution in [0.1, 0.15) is 24.2 Å². The third kappa shape index (κ3) is 2.89. The van der Waals surface area contributed by atoms with Gasteiger partial charge >= 0.3 is 6.18 Å². The predicted octanol–water partition coefficient (Wildman–Crippen LogP) is 1.75. The molecule has 1 saturated carbocycles. The van der Waals surface area contributed by atoms with Crippen molar-refractivity contribution in [1.29, 1.82) is 0 Å². The molecule has 6 heteroatoms. The summed E-state index contributed by atoms with van der Waals surface area (Å²) in [5.74, 6) is 0. The van der Waals surface area contributed by atoms with Crippen LogP contribution in [0.15, 0.2) is 12.1 Å². The maximum atomic E-state index is 12.1. The zero-order valence-corrected chi connectivity index (χ0v) is 7.88. The van der Waals surface area contributed by atoms with Gasteiger partial charge in [0.2, 0.25) is 0 Å². The molecule has 0 bridgehead atoms. The Morgan fingerprint density at radius 3 is 2.47 bits per heavy atom. The second-order valence-electron chi connectivity index (χ2n) is 3.56. The summed E-state index contributed by atoms with van der Waals surface area (Å²) >= 11 is 0. The smallest absolute Gasteiger partial charge is 0.308 e. The molecule has 0 unspecified atom stereocenters. The van der Waals surface area contributed by atoms with Crippen molar-refractivity contribution >= 4 is 0 Å². The first-order valence-corrected chi connectivity index (χ1v) is 4.69. The van der Waals surface area contributed by atoms with Crippen LogP contribution in [0.25, 0.3) is 0 Å². The number of alkyl halides is 3. The van der Waals surface area contributed by atoms with Crippen LogP contribution in [-0.4, -0.2) is 16.2 Å². The molecule has 3 nitrogen and oxygen atoms in total. The summed E-state index contributed by atoms with van der Waals surface area (Å²) in [6, 6.07) is 2.82. The number of nitrogens with zero attached hydrogens (tertiary/aromatic N) is 2. The molecule has 2 rings (SSSR count). The summed E-state index contributed by atoms with van der Waals surface area (Å²) in [5.41, 5.74) is -0.410. The number of nitrogens with one attached hydrogen (secondary N) is 1. The van der Waals surface area contributed by atoms with Gasteiger partial charge in [0, 0.05) is 12.6 Å². The molecule has 1 aromatic heterocycles. The lowest BCUT2D eigenvalue weighted by Crippen LogP contribution is -2.17. The van der Waals surface area contributed by atoms with Crippen LogP contribution in [0.3, 0.4) is 0 Å². The number of hydrogen-bond acceptors (Lipinski definition) is 3. The lowest BCUT2D eigenvalue weighted by atomic mass is 10.3. The summed E-state index contributed by atoms with van der Waals surface area (Å²) in [7, 11) is 0. The molecule has 1 N–H and O–H groups in total. The lowest BCUT2D eigenvalue weighted by molar-refractivity contribution is -0.141. The summed E-state index contributed by atoms with van der Waals surface area (Å²) < 4.78 is 36.4. The highest BCUT2D eigenvalue weighted by molar-refractivity contribution is 5.09. The van der Waals surface area contributed by atoms with Crippen molar-refractivity contribution in [3.8, 4) is 0 Å². The summed E-state index contributed by atoms with van der Waals surface area (Å²) in [6.45, 7) is 0.482. The van der Waals surface area contributed by atoms with Gasteiger partial charge in [-0.1, -0.05) is 0 Å². The molecule has 0 spiro atoms. The molecule has 0 radical (unpaired) electrons. The van der Waals surface area contributed by atoms with Gasteiger partial charge in [-0.2, -0.15) is 18.3 Å². The zero-order chi connectivity index (χ0) is 10.9. The Kier molecular flexibility index (Phi) is 2.60. The van der Waals surface area contributed by atoms with Gasteiger partial charge in [0.05, 0.1) is 5.69 Å². The normalized spacial score (nSPS) is 16.7. The Bertz CT molecular complexity index is 329. The maximum Gasteiger partial charge on any atom is 0.435 e. The molecule has 1 aliphatic rings. The van der Waals surface area contributed by atoms with Gasteiger partial charge in [0.1, 0.15) is 0 Å². The van der Waals surface area contributed by atoms with Gasteiger partial charge in [0.15, 0.2) is 5.69 Å². The average Bonchev–Trinajstić information content (AvgIpc) is 2.97. The van der Waals surface area contributed by atoms with Crippen LogP contribution in [-0.2, 0) is 12.7 Å². The molecule has 15 heavy (non-hydrogen) atoms. The first kappa shape index (κ1) is 10.4. The molecule has 1 aliphatic carbocycles. The van der Waals surface area contributed by atoms with E-state index in [-0.39, 0.29) is 0 Å². The van der Waals surface area contributed by atoms with E-state index in [0.29, 0.717) is 18.3 Å². The van der Waals surface area contributed by atoms with Crippen molar-refractivity contribution in [2.75, 3.05) is 0 Å². The predicted molar refractivity (Wildman–Crippen MR) is 46.9 cm³/mol. The SMILES string of the molecule is FC(F)(F)c1ccc(CNC2CC2)nn1. The number of aromatic nitrogens is 2. The largest absolute Gasteiger partial charge is 0.435 e. The minimum atomic E-state index is -4.41. The van der Waals surface area contributed by atoms with Gasteiger partial charge in [-0.05, 0) is 25.0 Å². The third-order valence-electron chi connectivity index (χ3n) is 2.16. The second kappa shape index (κ2) is 3.77. The summed E-state index contributed by atoms with van der Waals surface area (Å²) in [6.07, 6.45) is -2.14. The molecule has 1 fully saturated rings. The van der Waals surface area contributed by atoms with E-state index in [9.17, 15) is 13.2 Å². The van der Waals surface area contributed by atoms with E-state index in [2.05, 4.69) is 15.5 Å². The quantitative estimate of drug-likeness (QED) is 0.838. The Labute approximate surface area is 84.7 Å². The van der Waals surface area contributed by atoms with E-state index in [4.69, 9.17) is 0 Å². The van der Waals surface area contributed by atoms with Crippen molar-refractivity contribution in [1.82, 2.24) is 15.5 Å². The van der Waals surface area contributed by atoms with Crippen molar-refractivity contribution in [3.05, 3.63) is 23.5 Å². The van der Waals surface area contributed by atoms with E-state index in [0.717, 1.165) is 18.9 Å². The van der Waals surface area contributed by atoms with Crippen LogP contribution < -0.4 is 5.32 Å². The number of hydrogen-bond donors (Lipinski definition) is 1. The minimum absolute atomic E-state index is 0.482. The van der Waals surface area contributed by atoms with Crippen LogP contribution >= 0.6 is 0 Å². The molecule has 0 atom stereocenters. The van der Waals surface area contributed by atoms with Crippen LogP contribution in [0.2, 0.25) is 0 Å². The summed E-state index contributed by atoms with van der Waals surface area (Å²) in [4.78, 5) is 0. The van der Waals surface area contributed by atoms with Gasteiger partial charge in [-0.25, -0.2) is 0 Å². The fourth-order valence-electron chi connectivity index (χ4n) is 1.14. The second-order valence-corrected chi connectivity index (χ2v) is 3.56. The van der Waals surface area contributed by atoms with Gasteiger partial charge in [-0.3, -0.25) is 0 Å². The number of halogens is 3. The first-order chi connectivity index (χ1) is 7.05. The topological polar surface area (TPSA) is 37.8 Å². The van der Waals surface area contributed by atoms with Crippen molar-refractivity contribution in [2.45, 2.75) is 31.6 Å². The highest BCUT2D eigenvalue weighted by Gasteiger charge is 2.32. The molecule has 0 amide bonds. The Morgan fingerprint density at radius 2 is 2.00 bits per heavy atom. The fraction of sp³-hybridized carbons (Fsp3) is 0.556. The molecule has 0 aromatic carbocycles. The highest BCUT2D eigenvalue weighted by atomic mass is 19.4. The molecular formula is C9H10F3N3. The Morgan fingerprint density at radius 1 is 1.27 bits per heavy atom. The molecule has 1 aromatic rings. The fourth-order valence-corrected chi connectivity index (χ4v) is 1.14. The van der Waals surface area contributed by atoms with E-state index in [1.54, 1.807) is 0 Å². The molecule has 0 aliphatic heterocycles. The maximum absolute atomic E-state index is 12.1. The van der Waals surface area contributed by atoms with Crippen molar-refractivity contribution in [3.63, 3.8) is 0 Å². The minimum Gasteiger partial charge on any atom is -0.308 e. The van der Waals surface area contributed by atoms with Crippen LogP contribution in [0.4, 0.5) is 13.2 Å². The molecule has 82 valence electrons. The first-order valence-electron chi connectivity index (χ1n) is 4.69. The van der Waals surface area contributed by atoms with E-state index in [1.807, 2.05) is 0 Å². The summed E-state index contributed by atoms with van der Waals surface area (Å²) in [5, 5.41) is 9.79. The highest BCUT2D eigenvalue weighted by Crippen LogP contribution is 2.26. The Hall–Kier alpha value is -1.17. The monoisotopic (exact) mass is 217 g/mol. The standard InChI is InChI=1S/C9H10F3N3/c10-9(11,12)8-4-3-7(14-15-8)5-13-6-1-2-6/h3-4,6,13H,1-2,5H2. The molecular weight excluding hydrogens is 207 g/mol.